The molecule has 3 nitrogen and oxygen atoms in total. The molecule has 1 aromatic carbocycles. The van der Waals surface area contributed by atoms with Crippen molar-refractivity contribution in [3.05, 3.63) is 29.3 Å². The molecule has 0 radical (unpaired) electrons. The van der Waals surface area contributed by atoms with E-state index in [0.29, 0.717) is 0 Å². The number of anilines is 1. The van der Waals surface area contributed by atoms with Crippen LogP contribution in [0.1, 0.15) is 49.9 Å². The molecule has 0 bridgehead atoms. The molecule has 1 aliphatic carbocycles. The topological polar surface area (TPSA) is 55.1 Å². The molecule has 0 aliphatic heterocycles. The molecule has 1 fully saturated rings. The Morgan fingerprint density at radius 2 is 1.90 bits per heavy atom. The van der Waals surface area contributed by atoms with Gasteiger partial charge in [-0.25, -0.2) is 8.78 Å². The number of carbonyl (C=O) groups is 1. The molecule has 0 aromatic heterocycles. The molecule has 1 amide bonds. The van der Waals surface area contributed by atoms with Crippen LogP contribution in [0.15, 0.2) is 12.1 Å². The Hall–Kier alpha value is -1.65. The van der Waals surface area contributed by atoms with Gasteiger partial charge in [0, 0.05) is 11.6 Å². The van der Waals surface area contributed by atoms with Gasteiger partial charge in [-0.3, -0.25) is 4.79 Å². The summed E-state index contributed by atoms with van der Waals surface area (Å²) in [5.74, 6) is -2.26. The Labute approximate surface area is 117 Å². The van der Waals surface area contributed by atoms with E-state index in [-0.39, 0.29) is 17.0 Å². The lowest BCUT2D eigenvalue weighted by Gasteiger charge is -2.39. The SMILES string of the molecule is CC1(C)CCCCC1NC(=O)c1cc(F)c(N)c(F)c1. The minimum atomic E-state index is -0.905. The average Bonchev–Trinajstić information content (AvgIpc) is 2.37. The van der Waals surface area contributed by atoms with Crippen LogP contribution in [0.5, 0.6) is 0 Å². The smallest absolute Gasteiger partial charge is 0.251 e. The van der Waals surface area contributed by atoms with Gasteiger partial charge in [0.05, 0.1) is 0 Å². The summed E-state index contributed by atoms with van der Waals surface area (Å²) >= 11 is 0. The molecule has 20 heavy (non-hydrogen) atoms. The van der Waals surface area contributed by atoms with Gasteiger partial charge in [0.25, 0.3) is 5.91 Å². The Balaban J connectivity index is 2.16. The van der Waals surface area contributed by atoms with E-state index in [2.05, 4.69) is 19.2 Å². The predicted octanol–water partition coefficient (Wildman–Crippen LogP) is 3.25. The summed E-state index contributed by atoms with van der Waals surface area (Å²) in [6, 6.07) is 1.97. The average molecular weight is 282 g/mol. The molecule has 1 unspecified atom stereocenters. The minimum Gasteiger partial charge on any atom is -0.394 e. The second-order valence-electron chi connectivity index (χ2n) is 6.11. The lowest BCUT2D eigenvalue weighted by Crippen LogP contribution is -2.46. The van der Waals surface area contributed by atoms with Crippen molar-refractivity contribution in [2.45, 2.75) is 45.6 Å². The van der Waals surface area contributed by atoms with Crippen LogP contribution in [0.2, 0.25) is 0 Å². The fourth-order valence-corrected chi connectivity index (χ4v) is 2.72. The number of nitrogens with two attached hydrogens (primary N) is 1. The molecular formula is C15H20F2N2O. The highest BCUT2D eigenvalue weighted by atomic mass is 19.1. The van der Waals surface area contributed by atoms with Crippen molar-refractivity contribution in [2.24, 2.45) is 5.41 Å². The Morgan fingerprint density at radius 1 is 1.30 bits per heavy atom. The van der Waals surface area contributed by atoms with E-state index in [9.17, 15) is 13.6 Å². The Kier molecular flexibility index (Phi) is 3.97. The summed E-state index contributed by atoms with van der Waals surface area (Å²) in [5.41, 5.74) is 4.61. The van der Waals surface area contributed by atoms with Crippen molar-refractivity contribution in [3.8, 4) is 0 Å². The normalized spacial score (nSPS) is 21.5. The maximum absolute atomic E-state index is 13.4. The molecule has 3 N–H and O–H groups in total. The third-order valence-electron chi connectivity index (χ3n) is 4.15. The van der Waals surface area contributed by atoms with Crippen molar-refractivity contribution >= 4 is 11.6 Å². The molecule has 0 spiro atoms. The van der Waals surface area contributed by atoms with Gasteiger partial charge in [-0.15, -0.1) is 0 Å². The number of rotatable bonds is 2. The predicted molar refractivity (Wildman–Crippen MR) is 74.3 cm³/mol. The summed E-state index contributed by atoms with van der Waals surface area (Å²) < 4.78 is 26.8. The van der Waals surface area contributed by atoms with E-state index in [1.165, 1.54) is 0 Å². The first-order chi connectivity index (χ1) is 9.31. The van der Waals surface area contributed by atoms with Crippen LogP contribution in [0, 0.1) is 17.0 Å². The maximum Gasteiger partial charge on any atom is 0.251 e. The number of nitrogen functional groups attached to an aromatic ring is 1. The monoisotopic (exact) mass is 282 g/mol. The van der Waals surface area contributed by atoms with Crippen LogP contribution >= 0.6 is 0 Å². The summed E-state index contributed by atoms with van der Waals surface area (Å²) in [6.07, 6.45) is 4.12. The molecule has 1 saturated carbocycles. The highest BCUT2D eigenvalue weighted by Gasteiger charge is 2.33. The third kappa shape index (κ3) is 2.92. The van der Waals surface area contributed by atoms with Crippen molar-refractivity contribution in [1.29, 1.82) is 0 Å². The molecule has 1 atom stereocenters. The second-order valence-corrected chi connectivity index (χ2v) is 6.11. The maximum atomic E-state index is 13.4. The van der Waals surface area contributed by atoms with Crippen molar-refractivity contribution in [2.75, 3.05) is 5.73 Å². The van der Waals surface area contributed by atoms with Crippen LogP contribution in [0.4, 0.5) is 14.5 Å². The Bertz CT molecular complexity index is 506. The third-order valence-corrected chi connectivity index (χ3v) is 4.15. The number of halogens is 2. The molecule has 110 valence electrons. The highest BCUT2D eigenvalue weighted by molar-refractivity contribution is 5.94. The first kappa shape index (κ1) is 14.8. The summed E-state index contributed by atoms with van der Waals surface area (Å²) in [4.78, 5) is 12.1. The van der Waals surface area contributed by atoms with Crippen molar-refractivity contribution in [1.82, 2.24) is 5.32 Å². The molecule has 0 heterocycles. The van der Waals surface area contributed by atoms with Gasteiger partial charge in [-0.05, 0) is 30.4 Å². The molecular weight excluding hydrogens is 262 g/mol. The van der Waals surface area contributed by atoms with Crippen LogP contribution in [-0.2, 0) is 0 Å². The second kappa shape index (κ2) is 5.38. The molecule has 1 aliphatic rings. The zero-order chi connectivity index (χ0) is 14.9. The summed E-state index contributed by atoms with van der Waals surface area (Å²) in [5, 5.41) is 2.89. The lowest BCUT2D eigenvalue weighted by molar-refractivity contribution is 0.0852. The van der Waals surface area contributed by atoms with Gasteiger partial charge < -0.3 is 11.1 Å². The van der Waals surface area contributed by atoms with Crippen molar-refractivity contribution in [3.63, 3.8) is 0 Å². The number of hydrogen-bond acceptors (Lipinski definition) is 2. The number of amides is 1. The Morgan fingerprint density at radius 3 is 2.45 bits per heavy atom. The zero-order valence-corrected chi connectivity index (χ0v) is 11.8. The number of hydrogen-bond donors (Lipinski definition) is 2. The highest BCUT2D eigenvalue weighted by Crippen LogP contribution is 2.35. The first-order valence-electron chi connectivity index (χ1n) is 6.86. The standard InChI is InChI=1S/C15H20F2N2O/c1-15(2)6-4-3-5-12(15)19-14(20)9-7-10(16)13(18)11(17)8-9/h7-8,12H,3-6,18H2,1-2H3,(H,19,20). The quantitative estimate of drug-likeness (QED) is 0.818. The van der Waals surface area contributed by atoms with Crippen LogP contribution in [-0.4, -0.2) is 11.9 Å². The van der Waals surface area contributed by atoms with Crippen LogP contribution in [0.25, 0.3) is 0 Å². The van der Waals surface area contributed by atoms with Gasteiger partial charge in [-0.1, -0.05) is 26.7 Å². The van der Waals surface area contributed by atoms with Crippen LogP contribution in [0.3, 0.4) is 0 Å². The summed E-state index contributed by atoms with van der Waals surface area (Å²) in [7, 11) is 0. The zero-order valence-electron chi connectivity index (χ0n) is 11.8. The number of nitrogens with one attached hydrogen (secondary N) is 1. The molecule has 1 aromatic rings. The fraction of sp³-hybridized carbons (Fsp3) is 0.533. The number of carbonyl (C=O) groups excluding carboxylic acids is 1. The van der Waals surface area contributed by atoms with Gasteiger partial charge in [0.1, 0.15) is 17.3 Å². The van der Waals surface area contributed by atoms with Crippen LogP contribution < -0.4 is 11.1 Å². The molecule has 0 saturated heterocycles. The van der Waals surface area contributed by atoms with E-state index < -0.39 is 23.2 Å². The van der Waals surface area contributed by atoms with E-state index >= 15 is 0 Å². The summed E-state index contributed by atoms with van der Waals surface area (Å²) in [6.45, 7) is 4.20. The fourth-order valence-electron chi connectivity index (χ4n) is 2.72. The van der Waals surface area contributed by atoms with Gasteiger partial charge in [-0.2, -0.15) is 0 Å². The van der Waals surface area contributed by atoms with Gasteiger partial charge in [0.15, 0.2) is 0 Å². The lowest BCUT2D eigenvalue weighted by atomic mass is 9.73. The largest absolute Gasteiger partial charge is 0.394 e. The van der Waals surface area contributed by atoms with E-state index in [1.807, 2.05) is 0 Å². The van der Waals surface area contributed by atoms with E-state index in [1.54, 1.807) is 0 Å². The number of benzene rings is 1. The van der Waals surface area contributed by atoms with Crippen molar-refractivity contribution < 1.29 is 13.6 Å². The van der Waals surface area contributed by atoms with E-state index in [4.69, 9.17) is 5.73 Å². The van der Waals surface area contributed by atoms with Gasteiger partial charge >= 0.3 is 0 Å². The molecule has 5 heteroatoms. The molecule has 2 rings (SSSR count). The minimum absolute atomic E-state index is 0.00118. The first-order valence-corrected chi connectivity index (χ1v) is 6.86. The van der Waals surface area contributed by atoms with E-state index in [0.717, 1.165) is 37.8 Å². The van der Waals surface area contributed by atoms with Gasteiger partial charge in [0.2, 0.25) is 0 Å².